The van der Waals surface area contributed by atoms with E-state index >= 15 is 0 Å². The van der Waals surface area contributed by atoms with Crippen LogP contribution in [0.25, 0.3) is 10.9 Å². The average Bonchev–Trinajstić information content (AvgIpc) is 3.18. The summed E-state index contributed by atoms with van der Waals surface area (Å²) in [5.74, 6) is -0.663. The van der Waals surface area contributed by atoms with Gasteiger partial charge in [0.05, 0.1) is 24.4 Å². The molecule has 1 aliphatic carbocycles. The van der Waals surface area contributed by atoms with Crippen LogP contribution in [0.5, 0.6) is 5.75 Å². The third-order valence-corrected chi connectivity index (χ3v) is 6.33. The van der Waals surface area contributed by atoms with Crippen molar-refractivity contribution in [2.75, 3.05) is 12.4 Å². The van der Waals surface area contributed by atoms with E-state index in [1.807, 2.05) is 10.9 Å². The van der Waals surface area contributed by atoms with Crippen LogP contribution in [0.3, 0.4) is 0 Å². The highest BCUT2D eigenvalue weighted by atomic mass is 19.2. The third-order valence-electron chi connectivity index (χ3n) is 6.33. The molecule has 1 aromatic heterocycles. The van der Waals surface area contributed by atoms with Gasteiger partial charge in [-0.3, -0.25) is 9.48 Å². The standard InChI is InChI=1S/C24H27F2N3O2/c1-14(2)15-4-7-18(8-5-15)29-13-17-11-22(23(31-3)12-21(17)28-29)27-24(30)16-6-9-19(25)20(26)10-16/h6,9-15,18H,4-5,7-8H2,1-3H3,(H,27,30)/t15-,18-. The number of carbonyl (C=O) groups is 1. The maximum absolute atomic E-state index is 13.5. The number of fused-ring (bicyclic) bond motifs is 1. The predicted molar refractivity (Wildman–Crippen MR) is 116 cm³/mol. The average molecular weight is 427 g/mol. The lowest BCUT2D eigenvalue weighted by Crippen LogP contribution is -2.21. The van der Waals surface area contributed by atoms with Crippen molar-refractivity contribution in [3.63, 3.8) is 0 Å². The molecule has 7 heteroatoms. The molecular weight excluding hydrogens is 400 g/mol. The van der Waals surface area contributed by atoms with Crippen molar-refractivity contribution in [3.8, 4) is 5.75 Å². The molecule has 0 radical (unpaired) electrons. The number of aromatic nitrogens is 2. The van der Waals surface area contributed by atoms with E-state index in [9.17, 15) is 13.6 Å². The first-order valence-corrected chi connectivity index (χ1v) is 10.7. The SMILES string of the molecule is COc1cc2nn([C@H]3CC[C@H](C(C)C)CC3)cc2cc1NC(=O)c1ccc(F)c(F)c1. The highest BCUT2D eigenvalue weighted by Gasteiger charge is 2.25. The van der Waals surface area contributed by atoms with Gasteiger partial charge in [-0.2, -0.15) is 5.10 Å². The van der Waals surface area contributed by atoms with Gasteiger partial charge in [-0.05, 0) is 61.8 Å². The van der Waals surface area contributed by atoms with Crippen LogP contribution in [0.15, 0.2) is 36.5 Å². The molecule has 0 spiro atoms. The predicted octanol–water partition coefficient (Wildman–Crippen LogP) is 5.96. The smallest absolute Gasteiger partial charge is 0.255 e. The Balaban J connectivity index is 1.57. The summed E-state index contributed by atoms with van der Waals surface area (Å²) in [4.78, 5) is 12.5. The quantitative estimate of drug-likeness (QED) is 0.546. The monoisotopic (exact) mass is 427 g/mol. The minimum Gasteiger partial charge on any atom is -0.494 e. The molecule has 0 saturated heterocycles. The van der Waals surface area contributed by atoms with Crippen molar-refractivity contribution >= 4 is 22.5 Å². The Labute approximate surface area is 180 Å². The Morgan fingerprint density at radius 1 is 1.13 bits per heavy atom. The lowest BCUT2D eigenvalue weighted by atomic mass is 9.80. The Kier molecular flexibility index (Phi) is 5.94. The molecule has 1 heterocycles. The van der Waals surface area contributed by atoms with Crippen LogP contribution in [-0.4, -0.2) is 22.8 Å². The van der Waals surface area contributed by atoms with E-state index in [0.717, 1.165) is 41.8 Å². The van der Waals surface area contributed by atoms with Crippen LogP contribution in [0.2, 0.25) is 0 Å². The molecule has 164 valence electrons. The molecule has 1 N–H and O–H groups in total. The largest absolute Gasteiger partial charge is 0.494 e. The first-order valence-electron chi connectivity index (χ1n) is 10.7. The number of rotatable bonds is 5. The van der Waals surface area contributed by atoms with E-state index in [1.165, 1.54) is 26.0 Å². The van der Waals surface area contributed by atoms with Gasteiger partial charge < -0.3 is 10.1 Å². The van der Waals surface area contributed by atoms with Crippen LogP contribution < -0.4 is 10.1 Å². The van der Waals surface area contributed by atoms with Gasteiger partial charge in [-0.15, -0.1) is 0 Å². The number of hydrogen-bond acceptors (Lipinski definition) is 3. The number of anilines is 1. The zero-order valence-electron chi connectivity index (χ0n) is 18.0. The van der Waals surface area contributed by atoms with Gasteiger partial charge >= 0.3 is 0 Å². The van der Waals surface area contributed by atoms with Gasteiger partial charge in [0.25, 0.3) is 5.91 Å². The molecular formula is C24H27F2N3O2. The number of hydrogen-bond donors (Lipinski definition) is 1. The molecule has 5 nitrogen and oxygen atoms in total. The fraction of sp³-hybridized carbons (Fsp3) is 0.417. The first-order chi connectivity index (χ1) is 14.9. The lowest BCUT2D eigenvalue weighted by Gasteiger charge is -2.30. The van der Waals surface area contributed by atoms with Crippen molar-refractivity contribution in [3.05, 3.63) is 53.7 Å². The summed E-state index contributed by atoms with van der Waals surface area (Å²) in [6, 6.07) is 7.00. The minimum atomic E-state index is -1.07. The van der Waals surface area contributed by atoms with Crippen molar-refractivity contribution in [2.45, 2.75) is 45.6 Å². The highest BCUT2D eigenvalue weighted by Crippen LogP contribution is 2.37. The molecule has 0 unspecified atom stereocenters. The summed E-state index contributed by atoms with van der Waals surface area (Å²) in [7, 11) is 1.51. The van der Waals surface area contributed by atoms with Crippen molar-refractivity contribution in [1.82, 2.24) is 9.78 Å². The molecule has 3 aromatic rings. The summed E-state index contributed by atoms with van der Waals surface area (Å²) in [5.41, 5.74) is 1.26. The molecule has 0 atom stereocenters. The normalized spacial score (nSPS) is 19.0. The summed E-state index contributed by atoms with van der Waals surface area (Å²) < 4.78 is 34.1. The zero-order valence-corrected chi connectivity index (χ0v) is 18.0. The number of amides is 1. The number of nitrogens with zero attached hydrogens (tertiary/aromatic N) is 2. The van der Waals surface area contributed by atoms with Crippen LogP contribution in [0.4, 0.5) is 14.5 Å². The molecule has 0 aliphatic heterocycles. The summed E-state index contributed by atoms with van der Waals surface area (Å²) in [5, 5.41) is 8.36. The Morgan fingerprint density at radius 3 is 2.52 bits per heavy atom. The maximum atomic E-state index is 13.5. The van der Waals surface area contributed by atoms with Gasteiger partial charge in [-0.1, -0.05) is 13.8 Å². The maximum Gasteiger partial charge on any atom is 0.255 e. The number of ether oxygens (including phenoxy) is 1. The minimum absolute atomic E-state index is 0.0265. The van der Waals surface area contributed by atoms with E-state index in [-0.39, 0.29) is 5.56 Å². The van der Waals surface area contributed by atoms with Gasteiger partial charge in [0.15, 0.2) is 11.6 Å². The molecule has 2 aromatic carbocycles. The molecule has 1 aliphatic rings. The Morgan fingerprint density at radius 2 is 1.87 bits per heavy atom. The lowest BCUT2D eigenvalue weighted by molar-refractivity contribution is 0.102. The van der Waals surface area contributed by atoms with Gasteiger partial charge in [0.2, 0.25) is 0 Å². The van der Waals surface area contributed by atoms with E-state index in [4.69, 9.17) is 9.84 Å². The fourth-order valence-corrected chi connectivity index (χ4v) is 4.39. The van der Waals surface area contributed by atoms with E-state index in [2.05, 4.69) is 19.2 Å². The molecule has 4 rings (SSSR count). The van der Waals surface area contributed by atoms with Gasteiger partial charge in [-0.25, -0.2) is 8.78 Å². The summed E-state index contributed by atoms with van der Waals surface area (Å²) in [6.07, 6.45) is 6.62. The summed E-state index contributed by atoms with van der Waals surface area (Å²) >= 11 is 0. The third kappa shape index (κ3) is 4.40. The van der Waals surface area contributed by atoms with E-state index < -0.39 is 17.5 Å². The van der Waals surface area contributed by atoms with Crippen molar-refractivity contribution in [2.24, 2.45) is 11.8 Å². The zero-order chi connectivity index (χ0) is 22.1. The number of nitrogens with one attached hydrogen (secondary N) is 1. The van der Waals surface area contributed by atoms with Crippen LogP contribution in [0, 0.1) is 23.5 Å². The van der Waals surface area contributed by atoms with Crippen LogP contribution in [0.1, 0.15) is 55.9 Å². The van der Waals surface area contributed by atoms with Crippen LogP contribution in [-0.2, 0) is 0 Å². The number of benzene rings is 2. The van der Waals surface area contributed by atoms with Gasteiger partial charge in [0.1, 0.15) is 5.75 Å². The van der Waals surface area contributed by atoms with Crippen LogP contribution >= 0.6 is 0 Å². The number of halogens is 2. The molecule has 1 amide bonds. The summed E-state index contributed by atoms with van der Waals surface area (Å²) in [6.45, 7) is 4.57. The second kappa shape index (κ2) is 8.65. The molecule has 1 fully saturated rings. The number of carbonyl (C=O) groups excluding carboxylic acids is 1. The second-order valence-corrected chi connectivity index (χ2v) is 8.62. The molecule has 1 saturated carbocycles. The first kappa shape index (κ1) is 21.3. The Hall–Kier alpha value is -2.96. The molecule has 0 bridgehead atoms. The van der Waals surface area contributed by atoms with E-state index in [1.54, 1.807) is 12.1 Å². The molecule has 31 heavy (non-hydrogen) atoms. The topological polar surface area (TPSA) is 56.1 Å². The number of methoxy groups -OCH3 is 1. The fourth-order valence-electron chi connectivity index (χ4n) is 4.39. The van der Waals surface area contributed by atoms with Crippen molar-refractivity contribution < 1.29 is 18.3 Å². The highest BCUT2D eigenvalue weighted by molar-refractivity contribution is 6.06. The van der Waals surface area contributed by atoms with E-state index in [0.29, 0.717) is 23.4 Å². The Bertz CT molecular complexity index is 1100. The second-order valence-electron chi connectivity index (χ2n) is 8.62. The van der Waals surface area contributed by atoms with Gasteiger partial charge in [0, 0.05) is 23.2 Å². The van der Waals surface area contributed by atoms with Crippen molar-refractivity contribution in [1.29, 1.82) is 0 Å².